The predicted octanol–water partition coefficient (Wildman–Crippen LogP) is -0.338. The number of allylic oxidation sites excluding steroid dienone is 3. The Bertz CT molecular complexity index is 441. The Morgan fingerprint density at radius 3 is 2.73 bits per heavy atom. The van der Waals surface area contributed by atoms with Gasteiger partial charge < -0.3 is 5.10 Å². The zero-order valence-electron chi connectivity index (χ0n) is 8.25. The fraction of sp³-hybridized carbons (Fsp3) is 0.111. The first-order chi connectivity index (χ1) is 7.16. The van der Waals surface area contributed by atoms with Crippen LogP contribution in [-0.4, -0.2) is 16.1 Å². The fourth-order valence-electron chi connectivity index (χ4n) is 0.967. The molecular formula is C9H12N4O2. The number of nitrogens with one attached hydrogen (secondary N) is 1. The lowest BCUT2D eigenvalue weighted by Crippen LogP contribution is -2.29. The smallest absolute Gasteiger partial charge is 0.291 e. The molecule has 0 saturated carbocycles. The van der Waals surface area contributed by atoms with Crippen LogP contribution in [0, 0.1) is 0 Å². The molecule has 0 atom stereocenters. The van der Waals surface area contributed by atoms with Crippen molar-refractivity contribution in [2.24, 2.45) is 12.9 Å². The van der Waals surface area contributed by atoms with E-state index in [4.69, 9.17) is 5.84 Å². The summed E-state index contributed by atoms with van der Waals surface area (Å²) < 4.78 is 1.31. The van der Waals surface area contributed by atoms with Crippen LogP contribution < -0.4 is 16.4 Å². The van der Waals surface area contributed by atoms with Crippen molar-refractivity contribution in [2.45, 2.75) is 0 Å². The molecule has 0 unspecified atom stereocenters. The van der Waals surface area contributed by atoms with E-state index in [1.807, 2.05) is 0 Å². The standard InChI is InChI=1S/C9H12N4O2/c1-12-9(15)8(7-11-12)13(10)5-3-2-4-6-14/h2-7,11H,10H2,1H3/b4-2-,5-3-. The van der Waals surface area contributed by atoms with Crippen molar-refractivity contribution in [3.8, 4) is 0 Å². The molecule has 0 aliphatic heterocycles. The third kappa shape index (κ3) is 2.68. The van der Waals surface area contributed by atoms with Gasteiger partial charge in [0.25, 0.3) is 5.56 Å². The summed E-state index contributed by atoms with van der Waals surface area (Å²) in [4.78, 5) is 21.4. The zero-order valence-corrected chi connectivity index (χ0v) is 8.25. The van der Waals surface area contributed by atoms with Gasteiger partial charge in [-0.2, -0.15) is 0 Å². The molecule has 80 valence electrons. The number of hydrogen-bond donors (Lipinski definition) is 2. The zero-order chi connectivity index (χ0) is 11.3. The number of aromatic nitrogens is 2. The van der Waals surface area contributed by atoms with Gasteiger partial charge in [-0.3, -0.25) is 19.3 Å². The van der Waals surface area contributed by atoms with Crippen molar-refractivity contribution in [1.29, 1.82) is 0 Å². The molecule has 0 radical (unpaired) electrons. The van der Waals surface area contributed by atoms with Crippen LogP contribution in [0.5, 0.6) is 0 Å². The molecule has 6 heteroatoms. The van der Waals surface area contributed by atoms with Crippen molar-refractivity contribution < 1.29 is 4.79 Å². The third-order valence-electron chi connectivity index (χ3n) is 1.74. The topological polar surface area (TPSA) is 84.1 Å². The molecule has 1 aromatic heterocycles. The lowest BCUT2D eigenvalue weighted by atomic mass is 10.5. The number of carbonyl (C=O) groups excluding carboxylic acids is 1. The maximum Gasteiger partial charge on any atom is 0.291 e. The van der Waals surface area contributed by atoms with Crippen molar-refractivity contribution in [3.63, 3.8) is 0 Å². The van der Waals surface area contributed by atoms with Gasteiger partial charge in [-0.1, -0.05) is 6.08 Å². The third-order valence-corrected chi connectivity index (χ3v) is 1.74. The van der Waals surface area contributed by atoms with E-state index in [0.717, 1.165) is 0 Å². The molecule has 0 amide bonds. The average Bonchev–Trinajstić information content (AvgIpc) is 2.55. The molecule has 3 N–H and O–H groups in total. The van der Waals surface area contributed by atoms with Gasteiger partial charge in [0.2, 0.25) is 0 Å². The number of aldehydes is 1. The molecule has 1 heterocycles. The summed E-state index contributed by atoms with van der Waals surface area (Å²) in [6, 6.07) is 0. The van der Waals surface area contributed by atoms with Gasteiger partial charge in [-0.05, 0) is 12.2 Å². The summed E-state index contributed by atoms with van der Waals surface area (Å²) in [6.45, 7) is 0. The minimum atomic E-state index is -0.221. The molecular weight excluding hydrogens is 196 g/mol. The number of hydrogen-bond acceptors (Lipinski definition) is 4. The average molecular weight is 208 g/mol. The number of anilines is 1. The van der Waals surface area contributed by atoms with E-state index in [2.05, 4.69) is 5.10 Å². The van der Waals surface area contributed by atoms with Crippen LogP contribution >= 0.6 is 0 Å². The first-order valence-corrected chi connectivity index (χ1v) is 4.23. The van der Waals surface area contributed by atoms with Gasteiger partial charge in [0, 0.05) is 19.4 Å². The quantitative estimate of drug-likeness (QED) is 0.233. The summed E-state index contributed by atoms with van der Waals surface area (Å²) in [5.74, 6) is 5.58. The summed E-state index contributed by atoms with van der Waals surface area (Å²) >= 11 is 0. The van der Waals surface area contributed by atoms with Crippen LogP contribution in [0.4, 0.5) is 5.69 Å². The molecule has 0 aliphatic carbocycles. The number of aromatic amines is 1. The van der Waals surface area contributed by atoms with Crippen molar-refractivity contribution in [1.82, 2.24) is 9.78 Å². The summed E-state index contributed by atoms with van der Waals surface area (Å²) in [5, 5.41) is 3.87. The van der Waals surface area contributed by atoms with Crippen LogP contribution in [0.25, 0.3) is 0 Å². The highest BCUT2D eigenvalue weighted by Crippen LogP contribution is 2.01. The van der Waals surface area contributed by atoms with E-state index >= 15 is 0 Å². The molecule has 0 aromatic carbocycles. The van der Waals surface area contributed by atoms with Gasteiger partial charge >= 0.3 is 0 Å². The molecule has 0 bridgehead atoms. The van der Waals surface area contributed by atoms with Gasteiger partial charge in [-0.25, -0.2) is 5.84 Å². The number of nitrogens with zero attached hydrogens (tertiary/aromatic N) is 2. The lowest BCUT2D eigenvalue weighted by molar-refractivity contribution is -0.104. The second-order valence-corrected chi connectivity index (χ2v) is 2.79. The number of H-pyrrole nitrogens is 1. The number of rotatable bonds is 4. The predicted molar refractivity (Wildman–Crippen MR) is 57.0 cm³/mol. The molecule has 1 aromatic rings. The summed E-state index contributed by atoms with van der Waals surface area (Å²) in [5.41, 5.74) is 0.106. The lowest BCUT2D eigenvalue weighted by Gasteiger charge is -2.07. The minimum absolute atomic E-state index is 0.221. The second-order valence-electron chi connectivity index (χ2n) is 2.79. The maximum atomic E-state index is 11.4. The number of carbonyl (C=O) groups is 1. The van der Waals surface area contributed by atoms with E-state index in [1.54, 1.807) is 13.1 Å². The first-order valence-electron chi connectivity index (χ1n) is 4.23. The Hall–Kier alpha value is -2.08. The van der Waals surface area contributed by atoms with Crippen LogP contribution in [0.15, 0.2) is 35.4 Å². The van der Waals surface area contributed by atoms with Crippen molar-refractivity contribution in [3.05, 3.63) is 41.0 Å². The van der Waals surface area contributed by atoms with Crippen molar-refractivity contribution >= 4 is 12.0 Å². The Morgan fingerprint density at radius 1 is 1.47 bits per heavy atom. The number of aryl methyl sites for hydroxylation is 1. The highest BCUT2D eigenvalue weighted by atomic mass is 16.1. The normalized spacial score (nSPS) is 11.3. The van der Waals surface area contributed by atoms with Gasteiger partial charge in [-0.15, -0.1) is 0 Å². The van der Waals surface area contributed by atoms with E-state index in [0.29, 0.717) is 12.0 Å². The summed E-state index contributed by atoms with van der Waals surface area (Å²) in [7, 11) is 1.59. The molecule has 0 spiro atoms. The van der Waals surface area contributed by atoms with Gasteiger partial charge in [0.05, 0.1) is 0 Å². The first kappa shape index (κ1) is 11.0. The number of nitrogens with two attached hydrogens (primary N) is 1. The molecule has 15 heavy (non-hydrogen) atoms. The van der Waals surface area contributed by atoms with Crippen LogP contribution in [-0.2, 0) is 11.8 Å². The van der Waals surface area contributed by atoms with E-state index in [1.165, 1.54) is 34.2 Å². The molecule has 0 aliphatic rings. The Balaban J connectivity index is 2.77. The maximum absolute atomic E-state index is 11.4. The molecule has 0 fully saturated rings. The second kappa shape index (κ2) is 4.97. The number of hydrazine groups is 1. The Kier molecular flexibility index (Phi) is 3.64. The van der Waals surface area contributed by atoms with E-state index in [-0.39, 0.29) is 5.56 Å². The Morgan fingerprint density at radius 2 is 2.20 bits per heavy atom. The highest BCUT2D eigenvalue weighted by Gasteiger charge is 2.05. The Labute approximate surface area is 86.2 Å². The van der Waals surface area contributed by atoms with Crippen molar-refractivity contribution in [2.75, 3.05) is 5.01 Å². The highest BCUT2D eigenvalue weighted by molar-refractivity contribution is 5.65. The fourth-order valence-corrected chi connectivity index (χ4v) is 0.967. The van der Waals surface area contributed by atoms with Crippen LogP contribution in [0.2, 0.25) is 0 Å². The van der Waals surface area contributed by atoms with Crippen LogP contribution in [0.1, 0.15) is 0 Å². The minimum Gasteiger partial charge on any atom is -0.301 e. The van der Waals surface area contributed by atoms with E-state index < -0.39 is 0 Å². The molecule has 1 rings (SSSR count). The SMILES string of the molecule is Cn1[nH]cc(N(N)/C=C\C=C/C=O)c1=O. The van der Waals surface area contributed by atoms with Crippen LogP contribution in [0.3, 0.4) is 0 Å². The molecule has 0 saturated heterocycles. The molecule has 6 nitrogen and oxygen atoms in total. The van der Waals surface area contributed by atoms with E-state index in [9.17, 15) is 9.59 Å². The van der Waals surface area contributed by atoms with Gasteiger partial charge in [0.1, 0.15) is 12.0 Å². The summed E-state index contributed by atoms with van der Waals surface area (Å²) in [6.07, 6.45) is 8.02. The monoisotopic (exact) mass is 208 g/mol. The largest absolute Gasteiger partial charge is 0.301 e. The van der Waals surface area contributed by atoms with Gasteiger partial charge in [0.15, 0.2) is 0 Å².